The van der Waals surface area contributed by atoms with Gasteiger partial charge in [0.05, 0.1) is 18.1 Å². The molecular formula is C21H21F2N3O7S. The molecule has 0 spiro atoms. The standard InChI is InChI=1S/C21H21F2N3O7S/c1-32-18-13-16(17(26(28)29)14-19(18)33-21(22)23)20(27)24-8-10-25(11-9-24)34(30,31)12-7-15-5-3-2-4-6-15/h2-7,12-14,21H,8-11H2,1H3/b12-7+. The molecule has 1 amide bonds. The van der Waals surface area contributed by atoms with E-state index in [0.29, 0.717) is 11.6 Å². The zero-order valence-corrected chi connectivity index (χ0v) is 18.8. The smallest absolute Gasteiger partial charge is 0.387 e. The second-order valence-corrected chi connectivity index (χ2v) is 8.92. The topological polar surface area (TPSA) is 119 Å². The minimum atomic E-state index is -3.75. The van der Waals surface area contributed by atoms with Crippen molar-refractivity contribution in [3.05, 3.63) is 69.1 Å². The summed E-state index contributed by atoms with van der Waals surface area (Å²) in [6.07, 6.45) is 1.46. The quantitative estimate of drug-likeness (QED) is 0.406. The molecule has 1 fully saturated rings. The molecule has 1 saturated heterocycles. The molecule has 0 bridgehead atoms. The summed E-state index contributed by atoms with van der Waals surface area (Å²) in [5.41, 5.74) is -0.411. The van der Waals surface area contributed by atoms with E-state index in [1.54, 1.807) is 30.3 Å². The summed E-state index contributed by atoms with van der Waals surface area (Å²) < 4.78 is 60.9. The summed E-state index contributed by atoms with van der Waals surface area (Å²) >= 11 is 0. The Morgan fingerprint density at radius 3 is 2.32 bits per heavy atom. The van der Waals surface area contributed by atoms with Crippen molar-refractivity contribution in [1.29, 1.82) is 0 Å². The molecular weight excluding hydrogens is 476 g/mol. The molecule has 13 heteroatoms. The summed E-state index contributed by atoms with van der Waals surface area (Å²) in [5, 5.41) is 12.6. The van der Waals surface area contributed by atoms with E-state index in [0.717, 1.165) is 18.6 Å². The van der Waals surface area contributed by atoms with Crippen molar-refractivity contribution in [2.45, 2.75) is 6.61 Å². The van der Waals surface area contributed by atoms with Crippen LogP contribution in [0.3, 0.4) is 0 Å². The lowest BCUT2D eigenvalue weighted by Crippen LogP contribution is -2.50. The molecule has 1 heterocycles. The molecule has 1 aliphatic heterocycles. The van der Waals surface area contributed by atoms with Gasteiger partial charge in [-0.3, -0.25) is 14.9 Å². The molecule has 0 atom stereocenters. The van der Waals surface area contributed by atoms with E-state index in [1.165, 1.54) is 15.3 Å². The van der Waals surface area contributed by atoms with Gasteiger partial charge >= 0.3 is 6.61 Å². The largest absolute Gasteiger partial charge is 0.493 e. The van der Waals surface area contributed by atoms with Crippen LogP contribution in [0.1, 0.15) is 15.9 Å². The Morgan fingerprint density at radius 2 is 1.76 bits per heavy atom. The van der Waals surface area contributed by atoms with E-state index in [-0.39, 0.29) is 37.5 Å². The third kappa shape index (κ3) is 5.85. The van der Waals surface area contributed by atoms with Crippen LogP contribution in [0.5, 0.6) is 11.5 Å². The molecule has 2 aromatic carbocycles. The van der Waals surface area contributed by atoms with E-state index in [9.17, 15) is 32.1 Å². The van der Waals surface area contributed by atoms with Gasteiger partial charge in [-0.15, -0.1) is 0 Å². The number of piperazine rings is 1. The molecule has 0 saturated carbocycles. The number of carbonyl (C=O) groups excluding carboxylic acids is 1. The predicted molar refractivity (Wildman–Crippen MR) is 118 cm³/mol. The number of amides is 1. The van der Waals surface area contributed by atoms with Crippen LogP contribution in [0.4, 0.5) is 14.5 Å². The number of hydrogen-bond acceptors (Lipinski definition) is 7. The number of halogens is 2. The van der Waals surface area contributed by atoms with Crippen LogP contribution in [0.25, 0.3) is 6.08 Å². The lowest BCUT2D eigenvalue weighted by atomic mass is 10.1. The maximum absolute atomic E-state index is 13.0. The number of alkyl halides is 2. The molecule has 10 nitrogen and oxygen atoms in total. The van der Waals surface area contributed by atoms with Crippen molar-refractivity contribution in [2.24, 2.45) is 0 Å². The number of ether oxygens (including phenoxy) is 2. The highest BCUT2D eigenvalue weighted by atomic mass is 32.2. The molecule has 0 aliphatic carbocycles. The molecule has 0 N–H and O–H groups in total. The Balaban J connectivity index is 1.76. The summed E-state index contributed by atoms with van der Waals surface area (Å²) in [4.78, 5) is 24.8. The van der Waals surface area contributed by atoms with Crippen LogP contribution in [0.2, 0.25) is 0 Å². The van der Waals surface area contributed by atoms with Crippen molar-refractivity contribution in [2.75, 3.05) is 33.3 Å². The van der Waals surface area contributed by atoms with Crippen molar-refractivity contribution < 1.29 is 36.4 Å². The monoisotopic (exact) mass is 497 g/mol. The van der Waals surface area contributed by atoms with Gasteiger partial charge in [-0.1, -0.05) is 30.3 Å². The minimum absolute atomic E-state index is 0.0218. The van der Waals surface area contributed by atoms with Crippen molar-refractivity contribution in [3.8, 4) is 11.5 Å². The molecule has 1 aliphatic rings. The first-order chi connectivity index (χ1) is 16.1. The lowest BCUT2D eigenvalue weighted by molar-refractivity contribution is -0.385. The zero-order chi connectivity index (χ0) is 24.9. The third-order valence-corrected chi connectivity index (χ3v) is 6.61. The van der Waals surface area contributed by atoms with Gasteiger partial charge in [0.1, 0.15) is 5.56 Å². The van der Waals surface area contributed by atoms with Gasteiger partial charge in [0.15, 0.2) is 11.5 Å². The molecule has 0 radical (unpaired) electrons. The predicted octanol–water partition coefficient (Wildman–Crippen LogP) is 2.96. The first kappa shape index (κ1) is 25.1. The van der Waals surface area contributed by atoms with E-state index in [4.69, 9.17) is 4.74 Å². The van der Waals surface area contributed by atoms with Crippen molar-refractivity contribution in [3.63, 3.8) is 0 Å². The van der Waals surface area contributed by atoms with Crippen molar-refractivity contribution >= 4 is 27.7 Å². The zero-order valence-electron chi connectivity index (χ0n) is 18.0. The van der Waals surface area contributed by atoms with Crippen LogP contribution in [0, 0.1) is 10.1 Å². The van der Waals surface area contributed by atoms with Gasteiger partial charge in [0.25, 0.3) is 11.6 Å². The number of benzene rings is 2. The van der Waals surface area contributed by atoms with Gasteiger partial charge in [0.2, 0.25) is 10.0 Å². The number of hydrogen-bond donors (Lipinski definition) is 0. The number of methoxy groups -OCH3 is 1. The summed E-state index contributed by atoms with van der Waals surface area (Å²) in [7, 11) is -2.61. The number of nitro benzene ring substituents is 1. The highest BCUT2D eigenvalue weighted by molar-refractivity contribution is 7.92. The SMILES string of the molecule is COc1cc(C(=O)N2CCN(S(=O)(=O)/C=C/c3ccccc3)CC2)c([N+](=O)[O-])cc1OC(F)F. The third-order valence-electron chi connectivity index (χ3n) is 5.04. The number of nitrogens with zero attached hydrogens (tertiary/aromatic N) is 3. The lowest BCUT2D eigenvalue weighted by Gasteiger charge is -2.33. The normalized spacial score (nSPS) is 15.0. The van der Waals surface area contributed by atoms with Crippen LogP contribution >= 0.6 is 0 Å². The highest BCUT2D eigenvalue weighted by Crippen LogP contribution is 2.36. The van der Waals surface area contributed by atoms with Crippen LogP contribution < -0.4 is 9.47 Å². The Kier molecular flexibility index (Phi) is 7.79. The number of carbonyl (C=O) groups is 1. The highest BCUT2D eigenvalue weighted by Gasteiger charge is 2.32. The average Bonchev–Trinajstić information content (AvgIpc) is 2.82. The van der Waals surface area contributed by atoms with E-state index in [2.05, 4.69) is 4.74 Å². The summed E-state index contributed by atoms with van der Waals surface area (Å²) in [5.74, 6) is -1.62. The van der Waals surface area contributed by atoms with Gasteiger partial charge in [-0.05, 0) is 11.6 Å². The minimum Gasteiger partial charge on any atom is -0.493 e. The molecule has 2 aromatic rings. The fourth-order valence-electron chi connectivity index (χ4n) is 3.35. The molecule has 3 rings (SSSR count). The number of sulfonamides is 1. The van der Waals surface area contributed by atoms with Crippen molar-refractivity contribution in [1.82, 2.24) is 9.21 Å². The summed E-state index contributed by atoms with van der Waals surface area (Å²) in [6.45, 7) is -3.34. The second kappa shape index (κ2) is 10.6. The van der Waals surface area contributed by atoms with E-state index >= 15 is 0 Å². The van der Waals surface area contributed by atoms with Gasteiger partial charge in [0, 0.05) is 37.7 Å². The fraction of sp³-hybridized carbons (Fsp3) is 0.286. The van der Waals surface area contributed by atoms with Gasteiger partial charge in [-0.25, -0.2) is 8.42 Å². The summed E-state index contributed by atoms with van der Waals surface area (Å²) in [6, 6.07) is 10.5. The number of nitro groups is 1. The maximum atomic E-state index is 13.0. The molecule has 182 valence electrons. The fourth-order valence-corrected chi connectivity index (χ4v) is 4.52. The van der Waals surface area contributed by atoms with Crippen LogP contribution in [-0.2, 0) is 10.0 Å². The molecule has 0 unspecified atom stereocenters. The Hall–Kier alpha value is -3.58. The Morgan fingerprint density at radius 1 is 1.12 bits per heavy atom. The van der Waals surface area contributed by atoms with Crippen LogP contribution in [0.15, 0.2) is 47.9 Å². The first-order valence-electron chi connectivity index (χ1n) is 9.96. The molecule has 0 aromatic heterocycles. The maximum Gasteiger partial charge on any atom is 0.387 e. The second-order valence-electron chi connectivity index (χ2n) is 7.11. The van der Waals surface area contributed by atoms with Crippen LogP contribution in [-0.4, -0.2) is 68.4 Å². The first-order valence-corrected chi connectivity index (χ1v) is 11.5. The van der Waals surface area contributed by atoms with E-state index in [1.807, 2.05) is 0 Å². The van der Waals surface area contributed by atoms with Gasteiger partial charge in [-0.2, -0.15) is 13.1 Å². The van der Waals surface area contributed by atoms with Gasteiger partial charge < -0.3 is 14.4 Å². The Labute approximate surface area is 194 Å². The van der Waals surface area contributed by atoms with E-state index < -0.39 is 38.9 Å². The number of rotatable bonds is 8. The molecule has 34 heavy (non-hydrogen) atoms. The average molecular weight is 497 g/mol. The Bertz CT molecular complexity index is 1180.